The summed E-state index contributed by atoms with van der Waals surface area (Å²) < 4.78 is 11.4. The Morgan fingerprint density at radius 1 is 1.41 bits per heavy atom. The lowest BCUT2D eigenvalue weighted by Gasteiger charge is -2.27. The van der Waals surface area contributed by atoms with E-state index in [1.165, 1.54) is 11.1 Å². The molecular weight excluding hydrogens is 278 g/mol. The first-order chi connectivity index (χ1) is 10.4. The highest BCUT2D eigenvalue weighted by Gasteiger charge is 2.41. The fourth-order valence-corrected chi connectivity index (χ4v) is 3.15. The summed E-state index contributed by atoms with van der Waals surface area (Å²) in [4.78, 5) is 14.0. The molecule has 1 saturated heterocycles. The van der Waals surface area contributed by atoms with Crippen molar-refractivity contribution in [2.45, 2.75) is 45.0 Å². The van der Waals surface area contributed by atoms with Crippen molar-refractivity contribution in [3.8, 4) is 0 Å². The zero-order chi connectivity index (χ0) is 15.9. The average molecular weight is 301 g/mol. The lowest BCUT2D eigenvalue weighted by molar-refractivity contribution is 0.0127. The molecule has 118 valence electrons. The highest BCUT2D eigenvalue weighted by atomic mass is 16.6. The van der Waals surface area contributed by atoms with Gasteiger partial charge in [-0.05, 0) is 43.5 Å². The number of hydrogen-bond donors (Lipinski definition) is 0. The van der Waals surface area contributed by atoms with Gasteiger partial charge >= 0.3 is 6.09 Å². The van der Waals surface area contributed by atoms with E-state index in [4.69, 9.17) is 9.47 Å². The van der Waals surface area contributed by atoms with E-state index in [1.807, 2.05) is 26.8 Å². The van der Waals surface area contributed by atoms with Gasteiger partial charge in [0.2, 0.25) is 0 Å². The van der Waals surface area contributed by atoms with Gasteiger partial charge in [0.1, 0.15) is 5.60 Å². The van der Waals surface area contributed by atoms with Gasteiger partial charge in [0, 0.05) is 12.5 Å². The van der Waals surface area contributed by atoms with E-state index in [1.54, 1.807) is 4.90 Å². The second-order valence-corrected chi connectivity index (χ2v) is 7.00. The van der Waals surface area contributed by atoms with Crippen LogP contribution in [0.25, 0.3) is 6.08 Å². The Bertz CT molecular complexity index is 603. The molecule has 1 aromatic rings. The number of nitrogens with zero attached hydrogens (tertiary/aromatic N) is 1. The van der Waals surface area contributed by atoms with Crippen molar-refractivity contribution < 1.29 is 14.3 Å². The second kappa shape index (κ2) is 5.43. The summed E-state index contributed by atoms with van der Waals surface area (Å²) >= 11 is 0. The molecule has 0 N–H and O–H groups in total. The maximum Gasteiger partial charge on any atom is 0.410 e. The Kier molecular flexibility index (Phi) is 3.73. The molecular formula is C18H23NO3. The molecule has 22 heavy (non-hydrogen) atoms. The van der Waals surface area contributed by atoms with Crippen molar-refractivity contribution in [1.82, 2.24) is 4.90 Å². The number of hydrogen-bond acceptors (Lipinski definition) is 3. The zero-order valence-electron chi connectivity index (χ0n) is 13.5. The van der Waals surface area contributed by atoms with Crippen LogP contribution in [0.4, 0.5) is 4.79 Å². The number of rotatable bonds is 1. The van der Waals surface area contributed by atoms with Crippen molar-refractivity contribution in [2.24, 2.45) is 0 Å². The molecule has 2 aliphatic rings. The van der Waals surface area contributed by atoms with Gasteiger partial charge in [0.25, 0.3) is 0 Å². The summed E-state index contributed by atoms with van der Waals surface area (Å²) in [6.45, 7) is 11.3. The molecule has 2 aliphatic heterocycles. The summed E-state index contributed by atoms with van der Waals surface area (Å²) in [5, 5.41) is 0. The zero-order valence-corrected chi connectivity index (χ0v) is 13.5. The lowest BCUT2D eigenvalue weighted by Crippen LogP contribution is -2.36. The molecule has 4 heteroatoms. The number of amides is 1. The van der Waals surface area contributed by atoms with Crippen LogP contribution >= 0.6 is 0 Å². The Hall–Kier alpha value is -1.81. The molecule has 0 aromatic heterocycles. The minimum atomic E-state index is -0.470. The van der Waals surface area contributed by atoms with Gasteiger partial charge in [-0.15, -0.1) is 0 Å². The quantitative estimate of drug-likeness (QED) is 0.796. The van der Waals surface area contributed by atoms with Gasteiger partial charge in [0.05, 0.1) is 19.3 Å². The molecule has 0 unspecified atom stereocenters. The van der Waals surface area contributed by atoms with E-state index in [0.717, 1.165) is 5.56 Å². The largest absolute Gasteiger partial charge is 0.444 e. The van der Waals surface area contributed by atoms with Crippen LogP contribution in [0.15, 0.2) is 24.8 Å². The van der Waals surface area contributed by atoms with E-state index in [0.29, 0.717) is 19.7 Å². The molecule has 0 saturated carbocycles. The van der Waals surface area contributed by atoms with E-state index in [2.05, 4.69) is 24.8 Å². The van der Waals surface area contributed by atoms with E-state index in [9.17, 15) is 4.79 Å². The number of carbonyl (C=O) groups is 1. The van der Waals surface area contributed by atoms with Crippen LogP contribution in [-0.2, 0) is 16.1 Å². The minimum absolute atomic E-state index is 0.0644. The van der Waals surface area contributed by atoms with Crippen molar-refractivity contribution in [3.63, 3.8) is 0 Å². The second-order valence-electron chi connectivity index (χ2n) is 7.00. The molecule has 0 bridgehead atoms. The molecule has 1 aromatic carbocycles. The number of carbonyl (C=O) groups excluding carboxylic acids is 1. The predicted molar refractivity (Wildman–Crippen MR) is 85.7 cm³/mol. The van der Waals surface area contributed by atoms with Crippen LogP contribution < -0.4 is 0 Å². The number of ether oxygens (including phenoxy) is 2. The minimum Gasteiger partial charge on any atom is -0.444 e. The first-order valence-electron chi connectivity index (χ1n) is 7.72. The third-order valence-corrected chi connectivity index (χ3v) is 4.17. The van der Waals surface area contributed by atoms with Crippen molar-refractivity contribution in [1.29, 1.82) is 0 Å². The smallest absolute Gasteiger partial charge is 0.410 e. The maximum atomic E-state index is 12.3. The van der Waals surface area contributed by atoms with Gasteiger partial charge in [-0.1, -0.05) is 24.8 Å². The fraction of sp³-hybridized carbons (Fsp3) is 0.500. The fourth-order valence-electron chi connectivity index (χ4n) is 3.15. The van der Waals surface area contributed by atoms with Gasteiger partial charge in [-0.25, -0.2) is 4.79 Å². The predicted octanol–water partition coefficient (Wildman–Crippen LogP) is 3.56. The highest BCUT2D eigenvalue weighted by Crippen LogP contribution is 2.37. The lowest BCUT2D eigenvalue weighted by atomic mass is 9.88. The molecule has 0 aliphatic carbocycles. The summed E-state index contributed by atoms with van der Waals surface area (Å²) in [5.74, 6) is 0.232. The first kappa shape index (κ1) is 15.1. The third kappa shape index (κ3) is 2.88. The molecule has 4 nitrogen and oxygen atoms in total. The maximum absolute atomic E-state index is 12.3. The Morgan fingerprint density at radius 2 is 2.18 bits per heavy atom. The SMILES string of the molecule is C=Cc1ccc2c(c1)CO[C@H]1CN(C(=O)OC(C)(C)C)C[C@@H]21. The van der Waals surface area contributed by atoms with Gasteiger partial charge in [-0.2, -0.15) is 0 Å². The van der Waals surface area contributed by atoms with Gasteiger partial charge < -0.3 is 14.4 Å². The summed E-state index contributed by atoms with van der Waals surface area (Å²) in [7, 11) is 0. The van der Waals surface area contributed by atoms with Crippen LogP contribution in [0, 0.1) is 0 Å². The Balaban J connectivity index is 1.78. The summed E-state index contributed by atoms with van der Waals surface area (Å²) in [5.41, 5.74) is 3.11. The molecule has 0 radical (unpaired) electrons. The van der Waals surface area contributed by atoms with Crippen LogP contribution in [0.3, 0.4) is 0 Å². The number of fused-ring (bicyclic) bond motifs is 3. The Morgan fingerprint density at radius 3 is 2.86 bits per heavy atom. The van der Waals surface area contributed by atoms with Gasteiger partial charge in [0.15, 0.2) is 0 Å². The molecule has 0 spiro atoms. The first-order valence-corrected chi connectivity index (χ1v) is 7.72. The summed E-state index contributed by atoms with van der Waals surface area (Å²) in [6.07, 6.45) is 1.65. The van der Waals surface area contributed by atoms with E-state index < -0.39 is 5.60 Å². The topological polar surface area (TPSA) is 38.8 Å². The summed E-state index contributed by atoms with van der Waals surface area (Å²) in [6, 6.07) is 6.34. The molecule has 3 rings (SSSR count). The van der Waals surface area contributed by atoms with Crippen molar-refractivity contribution in [3.05, 3.63) is 41.5 Å². The van der Waals surface area contributed by atoms with E-state index >= 15 is 0 Å². The number of benzene rings is 1. The number of likely N-dealkylation sites (tertiary alicyclic amines) is 1. The van der Waals surface area contributed by atoms with Crippen LogP contribution in [-0.4, -0.2) is 35.8 Å². The van der Waals surface area contributed by atoms with Gasteiger partial charge in [-0.3, -0.25) is 0 Å². The van der Waals surface area contributed by atoms with Crippen LogP contribution in [0.1, 0.15) is 43.4 Å². The van der Waals surface area contributed by atoms with Crippen molar-refractivity contribution in [2.75, 3.05) is 13.1 Å². The van der Waals surface area contributed by atoms with Crippen molar-refractivity contribution >= 4 is 12.2 Å². The van der Waals surface area contributed by atoms with E-state index in [-0.39, 0.29) is 18.1 Å². The van der Waals surface area contributed by atoms with Crippen LogP contribution in [0.5, 0.6) is 0 Å². The molecule has 2 atom stereocenters. The van der Waals surface area contributed by atoms with Crippen LogP contribution in [0.2, 0.25) is 0 Å². The highest BCUT2D eigenvalue weighted by molar-refractivity contribution is 5.69. The standard InChI is InChI=1S/C18H23NO3/c1-5-12-6-7-14-13(8-12)11-21-16-10-19(9-15(14)16)17(20)22-18(2,3)4/h5-8,15-16H,1,9-11H2,2-4H3/t15-,16-/m0/s1. The molecule has 1 fully saturated rings. The monoisotopic (exact) mass is 301 g/mol. The average Bonchev–Trinajstić information content (AvgIpc) is 2.89. The molecule has 2 heterocycles. The normalized spacial score (nSPS) is 23.7. The third-order valence-electron chi connectivity index (χ3n) is 4.17. The molecule has 1 amide bonds. The Labute approximate surface area is 131 Å².